The second kappa shape index (κ2) is 6.04. The minimum absolute atomic E-state index is 0.258. The topological polar surface area (TPSA) is 43.7 Å². The molecule has 100 valence electrons. The van der Waals surface area contributed by atoms with Crippen molar-refractivity contribution >= 4 is 15.9 Å². The van der Waals surface area contributed by atoms with Crippen molar-refractivity contribution in [3.8, 4) is 5.75 Å². The van der Waals surface area contributed by atoms with Gasteiger partial charge in [0.25, 0.3) is 0 Å². The zero-order chi connectivity index (χ0) is 13.1. The first-order valence-corrected chi connectivity index (χ1v) is 7.25. The van der Waals surface area contributed by atoms with E-state index in [0.29, 0.717) is 11.8 Å². The number of hydrogen-bond acceptors (Lipinski definition) is 3. The van der Waals surface area contributed by atoms with Gasteiger partial charge in [0.15, 0.2) is 0 Å². The van der Waals surface area contributed by atoms with Crippen LogP contribution in [0.1, 0.15) is 31.7 Å². The molecule has 0 bridgehead atoms. The van der Waals surface area contributed by atoms with E-state index in [1.165, 1.54) is 6.42 Å². The lowest BCUT2D eigenvalue weighted by atomic mass is 10.1. The molecule has 4 heteroatoms. The fraction of sp³-hybridized carbons (Fsp3) is 0.571. The number of aliphatic hydroxyl groups is 1. The minimum Gasteiger partial charge on any atom is -0.506 e. The van der Waals surface area contributed by atoms with Crippen LogP contribution in [-0.4, -0.2) is 33.8 Å². The summed E-state index contributed by atoms with van der Waals surface area (Å²) < 4.78 is 0.742. The summed E-state index contributed by atoms with van der Waals surface area (Å²) in [4.78, 5) is 2.36. The summed E-state index contributed by atoms with van der Waals surface area (Å²) in [7, 11) is 0. The number of aromatic hydroxyl groups is 1. The van der Waals surface area contributed by atoms with Crippen LogP contribution in [0.15, 0.2) is 22.7 Å². The van der Waals surface area contributed by atoms with E-state index in [-0.39, 0.29) is 6.10 Å². The fourth-order valence-electron chi connectivity index (χ4n) is 2.67. The van der Waals surface area contributed by atoms with Gasteiger partial charge in [-0.15, -0.1) is 0 Å². The van der Waals surface area contributed by atoms with Gasteiger partial charge in [-0.2, -0.15) is 0 Å². The first kappa shape index (κ1) is 13.8. The zero-order valence-corrected chi connectivity index (χ0v) is 12.2. The predicted octanol–water partition coefficient (Wildman–Crippen LogP) is 2.89. The van der Waals surface area contributed by atoms with Gasteiger partial charge in [0.2, 0.25) is 0 Å². The Morgan fingerprint density at radius 3 is 3.00 bits per heavy atom. The number of rotatable bonds is 4. The Bertz CT molecular complexity index is 409. The van der Waals surface area contributed by atoms with Crippen LogP contribution in [0.2, 0.25) is 0 Å². The van der Waals surface area contributed by atoms with E-state index in [1.807, 2.05) is 25.1 Å². The van der Waals surface area contributed by atoms with Crippen LogP contribution in [-0.2, 0) is 6.54 Å². The lowest BCUT2D eigenvalue weighted by molar-refractivity contribution is 0.130. The molecule has 2 atom stereocenters. The number of halogens is 1. The molecule has 3 nitrogen and oxygen atoms in total. The van der Waals surface area contributed by atoms with Gasteiger partial charge in [-0.05, 0) is 54.7 Å². The molecule has 0 radical (unpaired) electrons. The van der Waals surface area contributed by atoms with Gasteiger partial charge >= 0.3 is 0 Å². The van der Waals surface area contributed by atoms with Gasteiger partial charge in [-0.25, -0.2) is 0 Å². The average Bonchev–Trinajstić information content (AvgIpc) is 2.72. The maximum absolute atomic E-state index is 10.0. The molecule has 2 N–H and O–H groups in total. The number of aliphatic hydroxyl groups excluding tert-OH is 1. The molecular formula is C14H20BrNO2. The fourth-order valence-corrected chi connectivity index (χ4v) is 3.08. The number of para-hydroxylation sites is 1. The summed E-state index contributed by atoms with van der Waals surface area (Å²) in [6.45, 7) is 3.64. The van der Waals surface area contributed by atoms with E-state index in [0.717, 1.165) is 36.0 Å². The van der Waals surface area contributed by atoms with Crippen LogP contribution in [0.4, 0.5) is 0 Å². The molecule has 1 fully saturated rings. The van der Waals surface area contributed by atoms with E-state index in [2.05, 4.69) is 20.8 Å². The molecular weight excluding hydrogens is 294 g/mol. The van der Waals surface area contributed by atoms with Crippen LogP contribution in [0, 0.1) is 0 Å². The molecule has 18 heavy (non-hydrogen) atoms. The maximum atomic E-state index is 10.0. The molecule has 1 heterocycles. The van der Waals surface area contributed by atoms with Crippen LogP contribution in [0.25, 0.3) is 0 Å². The first-order chi connectivity index (χ1) is 8.58. The molecule has 1 saturated heterocycles. The molecule has 0 amide bonds. The van der Waals surface area contributed by atoms with Gasteiger partial charge < -0.3 is 10.2 Å². The second-order valence-corrected chi connectivity index (χ2v) is 5.95. The quantitative estimate of drug-likeness (QED) is 0.898. The summed E-state index contributed by atoms with van der Waals surface area (Å²) in [5, 5.41) is 19.5. The summed E-state index contributed by atoms with van der Waals surface area (Å²) in [5.41, 5.74) is 0.946. The maximum Gasteiger partial charge on any atom is 0.134 e. The smallest absolute Gasteiger partial charge is 0.134 e. The van der Waals surface area contributed by atoms with E-state index >= 15 is 0 Å². The van der Waals surface area contributed by atoms with Gasteiger partial charge in [0.05, 0.1) is 10.6 Å². The zero-order valence-electron chi connectivity index (χ0n) is 10.6. The summed E-state index contributed by atoms with van der Waals surface area (Å²) in [6, 6.07) is 6.18. The third-order valence-electron chi connectivity index (χ3n) is 3.56. The number of likely N-dealkylation sites (tertiary alicyclic amines) is 1. The third kappa shape index (κ3) is 3.25. The number of benzene rings is 1. The highest BCUT2D eigenvalue weighted by molar-refractivity contribution is 9.10. The molecule has 2 rings (SSSR count). The summed E-state index contributed by atoms with van der Waals surface area (Å²) in [5.74, 6) is 0.334. The number of phenolic OH excluding ortho intramolecular Hbond substituents is 1. The molecule has 0 aliphatic carbocycles. The molecule has 1 aromatic carbocycles. The highest BCUT2D eigenvalue weighted by Gasteiger charge is 2.26. The predicted molar refractivity (Wildman–Crippen MR) is 75.5 cm³/mol. The van der Waals surface area contributed by atoms with E-state index in [4.69, 9.17) is 0 Å². The van der Waals surface area contributed by atoms with Crippen molar-refractivity contribution in [3.05, 3.63) is 28.2 Å². The minimum atomic E-state index is -0.258. The SMILES string of the molecule is CC(O)CC1CCCN1Cc1cccc(Br)c1O. The van der Waals surface area contributed by atoms with Gasteiger partial charge in [0, 0.05) is 18.2 Å². The van der Waals surface area contributed by atoms with Crippen LogP contribution < -0.4 is 0 Å². The highest BCUT2D eigenvalue weighted by atomic mass is 79.9. The molecule has 1 aliphatic heterocycles. The molecule has 0 spiro atoms. The van der Waals surface area contributed by atoms with Gasteiger partial charge in [0.1, 0.15) is 5.75 Å². The van der Waals surface area contributed by atoms with Crippen molar-refractivity contribution in [1.29, 1.82) is 0 Å². The van der Waals surface area contributed by atoms with Crippen molar-refractivity contribution in [2.24, 2.45) is 0 Å². The standard InChI is InChI=1S/C14H20BrNO2/c1-10(17)8-12-5-3-7-16(12)9-11-4-2-6-13(15)14(11)18/h2,4,6,10,12,17-18H,3,5,7-9H2,1H3. The lowest BCUT2D eigenvalue weighted by Crippen LogP contribution is -2.31. The van der Waals surface area contributed by atoms with E-state index in [1.54, 1.807) is 0 Å². The second-order valence-electron chi connectivity index (χ2n) is 5.10. The Balaban J connectivity index is 2.06. The Morgan fingerprint density at radius 2 is 2.28 bits per heavy atom. The molecule has 0 aromatic heterocycles. The Kier molecular flexibility index (Phi) is 4.65. The number of phenols is 1. The lowest BCUT2D eigenvalue weighted by Gasteiger charge is -2.25. The van der Waals surface area contributed by atoms with Crippen LogP contribution >= 0.6 is 15.9 Å². The van der Waals surface area contributed by atoms with E-state index < -0.39 is 0 Å². The van der Waals surface area contributed by atoms with Crippen molar-refractivity contribution in [2.45, 2.75) is 44.9 Å². The normalized spacial score (nSPS) is 22.3. The average molecular weight is 314 g/mol. The van der Waals surface area contributed by atoms with Crippen molar-refractivity contribution < 1.29 is 10.2 Å². The highest BCUT2D eigenvalue weighted by Crippen LogP contribution is 2.31. The van der Waals surface area contributed by atoms with Crippen molar-refractivity contribution in [1.82, 2.24) is 4.90 Å². The largest absolute Gasteiger partial charge is 0.506 e. The monoisotopic (exact) mass is 313 g/mol. The first-order valence-electron chi connectivity index (χ1n) is 6.46. The molecule has 1 aromatic rings. The van der Waals surface area contributed by atoms with Crippen molar-refractivity contribution in [3.63, 3.8) is 0 Å². The van der Waals surface area contributed by atoms with Crippen molar-refractivity contribution in [2.75, 3.05) is 6.54 Å². The molecule has 2 unspecified atom stereocenters. The molecule has 0 saturated carbocycles. The van der Waals surface area contributed by atoms with E-state index in [9.17, 15) is 10.2 Å². The van der Waals surface area contributed by atoms with Gasteiger partial charge in [-0.3, -0.25) is 4.90 Å². The summed E-state index contributed by atoms with van der Waals surface area (Å²) in [6.07, 6.45) is 2.87. The number of hydrogen-bond donors (Lipinski definition) is 2. The van der Waals surface area contributed by atoms with Crippen LogP contribution in [0.5, 0.6) is 5.75 Å². The number of nitrogens with zero attached hydrogens (tertiary/aromatic N) is 1. The molecule has 1 aliphatic rings. The Labute approximate surface area is 117 Å². The van der Waals surface area contributed by atoms with Gasteiger partial charge in [-0.1, -0.05) is 12.1 Å². The summed E-state index contributed by atoms with van der Waals surface area (Å²) >= 11 is 3.34. The third-order valence-corrected chi connectivity index (χ3v) is 4.20. The Hall–Kier alpha value is -0.580. The Morgan fingerprint density at radius 1 is 1.50 bits per heavy atom. The van der Waals surface area contributed by atoms with Crippen LogP contribution in [0.3, 0.4) is 0 Å².